The SMILES string of the molecule is CC(C)(C)C1=CCC(C2c3ccccc3-c3ccc[c]([Zr+2])c32)=C1.[Cl-].[Cl-]. The van der Waals surface area contributed by atoms with Gasteiger partial charge >= 0.3 is 155 Å². The Kier molecular flexibility index (Phi) is 6.25. The molecule has 0 aromatic heterocycles. The monoisotopic (exact) mass is 445 g/mol. The van der Waals surface area contributed by atoms with Crippen LogP contribution in [0.5, 0.6) is 0 Å². The van der Waals surface area contributed by atoms with Crippen LogP contribution in [-0.2, 0) is 24.7 Å². The summed E-state index contributed by atoms with van der Waals surface area (Å²) in [6, 6.07) is 15.8. The van der Waals surface area contributed by atoms with Gasteiger partial charge in [0, 0.05) is 0 Å². The zero-order valence-corrected chi connectivity index (χ0v) is 18.7. The van der Waals surface area contributed by atoms with Crippen LogP contribution < -0.4 is 28.1 Å². The number of rotatable bonds is 1. The molecule has 0 saturated heterocycles. The van der Waals surface area contributed by atoms with Crippen LogP contribution in [0.3, 0.4) is 0 Å². The van der Waals surface area contributed by atoms with Gasteiger partial charge in [0.15, 0.2) is 0 Å². The van der Waals surface area contributed by atoms with E-state index in [0.717, 1.165) is 6.42 Å². The molecule has 1 unspecified atom stereocenters. The molecule has 4 rings (SSSR count). The molecular weight excluding hydrogens is 426 g/mol. The Hall–Kier alpha value is -0.617. The summed E-state index contributed by atoms with van der Waals surface area (Å²) in [7, 11) is 0. The topological polar surface area (TPSA) is 0 Å². The van der Waals surface area contributed by atoms with Crippen molar-refractivity contribution in [1.82, 2.24) is 0 Å². The summed E-state index contributed by atoms with van der Waals surface area (Å²) in [4.78, 5) is 0. The third-order valence-electron chi connectivity index (χ3n) is 5.09. The van der Waals surface area contributed by atoms with Gasteiger partial charge in [-0.2, -0.15) is 0 Å². The fourth-order valence-corrected chi connectivity index (χ4v) is 4.84. The minimum absolute atomic E-state index is 0. The Morgan fingerprint density at radius 1 is 0.920 bits per heavy atom. The van der Waals surface area contributed by atoms with Crippen LogP contribution in [0.2, 0.25) is 0 Å². The fourth-order valence-electron chi connectivity index (χ4n) is 3.91. The van der Waals surface area contributed by atoms with E-state index >= 15 is 0 Å². The molecule has 0 saturated carbocycles. The van der Waals surface area contributed by atoms with Crippen molar-refractivity contribution in [2.24, 2.45) is 5.41 Å². The molecule has 0 radical (unpaired) electrons. The summed E-state index contributed by atoms with van der Waals surface area (Å²) in [5, 5.41) is 0. The third kappa shape index (κ3) is 3.49. The maximum Gasteiger partial charge on any atom is -1.00 e. The Balaban J connectivity index is 0.00000113. The van der Waals surface area contributed by atoms with E-state index in [9.17, 15) is 0 Å². The molecule has 3 heteroatoms. The van der Waals surface area contributed by atoms with Crippen molar-refractivity contribution in [2.45, 2.75) is 33.1 Å². The van der Waals surface area contributed by atoms with Gasteiger partial charge in [0.05, 0.1) is 0 Å². The molecule has 0 N–H and O–H groups in total. The van der Waals surface area contributed by atoms with Gasteiger partial charge in [0.2, 0.25) is 0 Å². The van der Waals surface area contributed by atoms with Crippen LogP contribution in [0.1, 0.15) is 44.2 Å². The van der Waals surface area contributed by atoms with Crippen LogP contribution >= 0.6 is 0 Å². The van der Waals surface area contributed by atoms with Crippen molar-refractivity contribution in [3.05, 3.63) is 76.9 Å². The predicted octanol–water partition coefficient (Wildman–Crippen LogP) is -0.718. The second-order valence-electron chi connectivity index (χ2n) is 7.62. The summed E-state index contributed by atoms with van der Waals surface area (Å²) in [5.41, 5.74) is 9.22. The summed E-state index contributed by atoms with van der Waals surface area (Å²) >= 11 is 1.51. The minimum atomic E-state index is 0. The molecule has 2 aliphatic carbocycles. The Morgan fingerprint density at radius 3 is 2.28 bits per heavy atom. The maximum atomic E-state index is 2.47. The first-order chi connectivity index (χ1) is 11.0. The predicted molar refractivity (Wildman–Crippen MR) is 93.6 cm³/mol. The molecule has 0 bridgehead atoms. The molecule has 127 valence electrons. The summed E-state index contributed by atoms with van der Waals surface area (Å²) in [5.74, 6) is 0.452. The molecule has 1 atom stereocenters. The van der Waals surface area contributed by atoms with Crippen molar-refractivity contribution in [1.29, 1.82) is 0 Å². The fraction of sp³-hybridized carbons (Fsp3) is 0.273. The Bertz CT molecular complexity index is 857. The van der Waals surface area contributed by atoms with Crippen molar-refractivity contribution in [3.8, 4) is 11.1 Å². The van der Waals surface area contributed by atoms with Gasteiger partial charge < -0.3 is 24.8 Å². The third-order valence-corrected chi connectivity index (χ3v) is 6.16. The van der Waals surface area contributed by atoms with Gasteiger partial charge in [-0.15, -0.1) is 0 Å². The molecule has 0 fully saturated rings. The van der Waals surface area contributed by atoms with Crippen LogP contribution in [0, 0.1) is 5.41 Å². The second kappa shape index (κ2) is 7.55. The minimum Gasteiger partial charge on any atom is -1.00 e. The van der Waals surface area contributed by atoms with Gasteiger partial charge in [0.25, 0.3) is 0 Å². The van der Waals surface area contributed by atoms with E-state index in [1.54, 1.807) is 11.1 Å². The molecular formula is C22H21Cl2Zr. The van der Waals surface area contributed by atoms with Crippen molar-refractivity contribution in [2.75, 3.05) is 0 Å². The molecule has 0 amide bonds. The zero-order valence-electron chi connectivity index (χ0n) is 14.7. The molecule has 2 aliphatic rings. The Labute approximate surface area is 178 Å². The smallest absolute Gasteiger partial charge is 1.00 e. The molecule has 0 nitrogen and oxygen atoms in total. The molecule has 0 heterocycles. The van der Waals surface area contributed by atoms with E-state index in [-0.39, 0.29) is 30.2 Å². The second-order valence-corrected chi connectivity index (χ2v) is 8.94. The average Bonchev–Trinajstić information content (AvgIpc) is 3.10. The van der Waals surface area contributed by atoms with Crippen molar-refractivity contribution < 1.29 is 49.5 Å². The van der Waals surface area contributed by atoms with Crippen LogP contribution in [0.25, 0.3) is 11.1 Å². The van der Waals surface area contributed by atoms with E-state index in [0.29, 0.717) is 5.92 Å². The Morgan fingerprint density at radius 2 is 1.60 bits per heavy atom. The van der Waals surface area contributed by atoms with Crippen molar-refractivity contribution >= 4 is 3.27 Å². The first-order valence-electron chi connectivity index (χ1n) is 8.32. The number of hydrogen-bond donors (Lipinski definition) is 0. The van der Waals surface area contributed by atoms with Crippen LogP contribution in [0.4, 0.5) is 0 Å². The zero-order chi connectivity index (χ0) is 16.2. The molecule has 2 aromatic carbocycles. The van der Waals surface area contributed by atoms with Gasteiger partial charge in [-0.1, -0.05) is 0 Å². The summed E-state index contributed by atoms with van der Waals surface area (Å²) < 4.78 is 1.50. The largest absolute Gasteiger partial charge is 1.00 e. The normalized spacial score (nSPS) is 17.7. The van der Waals surface area contributed by atoms with Gasteiger partial charge in [0.1, 0.15) is 0 Å². The van der Waals surface area contributed by atoms with Gasteiger partial charge in [-0.05, 0) is 0 Å². The van der Waals surface area contributed by atoms with E-state index in [1.807, 2.05) is 0 Å². The maximum absolute atomic E-state index is 2.47. The number of halogens is 2. The molecule has 0 spiro atoms. The number of allylic oxidation sites excluding steroid dienone is 4. The van der Waals surface area contributed by atoms with E-state index in [4.69, 9.17) is 0 Å². The van der Waals surface area contributed by atoms with E-state index in [1.165, 1.54) is 50.3 Å². The van der Waals surface area contributed by atoms with E-state index in [2.05, 4.69) is 75.4 Å². The first-order valence-corrected chi connectivity index (χ1v) is 9.54. The standard InChI is InChI=1S/C22H21.2ClH.Zr/c1-22(2,3)16-13-12-15(14-16)21-19-10-6-4-8-17(19)18-9-5-7-11-20(18)21;;;/h4-10,13-14,21H,12H2,1-3H3;2*1H;/q;;;+2/p-2. The number of benzene rings is 2. The van der Waals surface area contributed by atoms with E-state index < -0.39 is 0 Å². The van der Waals surface area contributed by atoms with Crippen molar-refractivity contribution in [3.63, 3.8) is 0 Å². The summed E-state index contributed by atoms with van der Waals surface area (Å²) in [6.07, 6.45) is 6.00. The van der Waals surface area contributed by atoms with Gasteiger partial charge in [-0.3, -0.25) is 0 Å². The number of fused-ring (bicyclic) bond motifs is 3. The number of hydrogen-bond acceptors (Lipinski definition) is 0. The molecule has 0 aliphatic heterocycles. The molecule has 25 heavy (non-hydrogen) atoms. The van der Waals surface area contributed by atoms with Crippen LogP contribution in [-0.4, -0.2) is 0 Å². The van der Waals surface area contributed by atoms with Crippen LogP contribution in [0.15, 0.2) is 65.8 Å². The quantitative estimate of drug-likeness (QED) is 0.542. The summed E-state index contributed by atoms with van der Waals surface area (Å²) in [6.45, 7) is 6.93. The van der Waals surface area contributed by atoms with Gasteiger partial charge in [-0.25, -0.2) is 0 Å². The average molecular weight is 448 g/mol. The molecule has 2 aromatic rings. The first kappa shape index (κ1) is 20.7.